The molecular formula is C14H25ClN4. The molecule has 19 heavy (non-hydrogen) atoms. The second kappa shape index (κ2) is 8.33. The van der Waals surface area contributed by atoms with Crippen molar-refractivity contribution in [2.75, 3.05) is 31.5 Å². The van der Waals surface area contributed by atoms with E-state index in [1.54, 1.807) is 0 Å². The third kappa shape index (κ3) is 5.33. The van der Waals surface area contributed by atoms with Crippen LogP contribution < -0.4 is 5.32 Å². The second-order valence-corrected chi connectivity index (χ2v) is 5.05. The van der Waals surface area contributed by atoms with Crippen LogP contribution in [0.5, 0.6) is 0 Å². The van der Waals surface area contributed by atoms with Crippen LogP contribution in [0, 0.1) is 13.8 Å². The molecule has 0 saturated carbocycles. The molecule has 0 spiro atoms. The quantitative estimate of drug-likeness (QED) is 0.587. The zero-order valence-electron chi connectivity index (χ0n) is 12.5. The van der Waals surface area contributed by atoms with E-state index in [2.05, 4.69) is 34.0 Å². The van der Waals surface area contributed by atoms with Gasteiger partial charge in [0.1, 0.15) is 5.82 Å². The van der Waals surface area contributed by atoms with Gasteiger partial charge in [-0.3, -0.25) is 0 Å². The Kier molecular flexibility index (Phi) is 7.10. The summed E-state index contributed by atoms with van der Waals surface area (Å²) in [5, 5.41) is 3.66. The van der Waals surface area contributed by atoms with Crippen LogP contribution in [0.3, 0.4) is 0 Å². The predicted octanol–water partition coefficient (Wildman–Crippen LogP) is 3.28. The van der Waals surface area contributed by atoms with Crippen molar-refractivity contribution in [1.29, 1.82) is 0 Å². The Morgan fingerprint density at radius 3 is 2.42 bits per heavy atom. The minimum absolute atomic E-state index is 0.314. The Morgan fingerprint density at radius 1 is 1.11 bits per heavy atom. The zero-order chi connectivity index (χ0) is 14.3. The van der Waals surface area contributed by atoms with Gasteiger partial charge in [-0.15, -0.1) is 0 Å². The Labute approximate surface area is 121 Å². The van der Waals surface area contributed by atoms with Crippen molar-refractivity contribution in [3.05, 3.63) is 16.5 Å². The molecule has 0 atom stereocenters. The average molecular weight is 285 g/mol. The lowest BCUT2D eigenvalue weighted by molar-refractivity contribution is 0.298. The van der Waals surface area contributed by atoms with E-state index in [9.17, 15) is 0 Å². The number of unbranched alkanes of at least 4 members (excludes halogenated alkanes) is 1. The van der Waals surface area contributed by atoms with Crippen molar-refractivity contribution in [1.82, 2.24) is 14.9 Å². The molecule has 1 aromatic rings. The molecule has 0 aliphatic carbocycles. The minimum Gasteiger partial charge on any atom is -0.370 e. The second-order valence-electron chi connectivity index (χ2n) is 4.71. The van der Waals surface area contributed by atoms with Gasteiger partial charge in [0.25, 0.3) is 0 Å². The molecule has 1 aromatic heterocycles. The molecular weight excluding hydrogens is 260 g/mol. The van der Waals surface area contributed by atoms with Crippen molar-refractivity contribution in [3.8, 4) is 0 Å². The first-order valence-corrected chi connectivity index (χ1v) is 7.43. The maximum atomic E-state index is 5.87. The highest BCUT2D eigenvalue weighted by molar-refractivity contribution is 6.28. The molecule has 0 bridgehead atoms. The fourth-order valence-electron chi connectivity index (χ4n) is 1.97. The molecule has 0 fully saturated rings. The summed E-state index contributed by atoms with van der Waals surface area (Å²) in [5.74, 6) is 0.861. The van der Waals surface area contributed by atoms with Gasteiger partial charge in [0.2, 0.25) is 5.28 Å². The number of aromatic nitrogens is 2. The van der Waals surface area contributed by atoms with Crippen LogP contribution in [0.4, 0.5) is 5.82 Å². The van der Waals surface area contributed by atoms with Crippen LogP contribution in [0.15, 0.2) is 0 Å². The Balaban J connectivity index is 2.34. The van der Waals surface area contributed by atoms with Crippen molar-refractivity contribution in [2.24, 2.45) is 0 Å². The molecule has 0 saturated heterocycles. The van der Waals surface area contributed by atoms with E-state index in [0.29, 0.717) is 5.28 Å². The van der Waals surface area contributed by atoms with Crippen LogP contribution in [0.2, 0.25) is 5.28 Å². The van der Waals surface area contributed by atoms with Crippen LogP contribution in [-0.2, 0) is 0 Å². The van der Waals surface area contributed by atoms with Gasteiger partial charge in [0.15, 0.2) is 0 Å². The standard InChI is InChI=1S/C14H25ClN4/c1-5-19(6-2)10-8-7-9-16-13-11(3)12(4)17-14(15)18-13/h5-10H2,1-4H3,(H,16,17,18). The summed E-state index contributed by atoms with van der Waals surface area (Å²) in [6, 6.07) is 0. The summed E-state index contributed by atoms with van der Waals surface area (Å²) in [6.07, 6.45) is 2.34. The molecule has 1 N–H and O–H groups in total. The van der Waals surface area contributed by atoms with E-state index in [0.717, 1.165) is 49.7 Å². The molecule has 5 heteroatoms. The number of aryl methyl sites for hydroxylation is 1. The molecule has 4 nitrogen and oxygen atoms in total. The number of halogens is 1. The van der Waals surface area contributed by atoms with Crippen molar-refractivity contribution in [2.45, 2.75) is 40.5 Å². The maximum absolute atomic E-state index is 5.87. The number of hydrogen-bond donors (Lipinski definition) is 1. The van der Waals surface area contributed by atoms with Crippen LogP contribution >= 0.6 is 11.6 Å². The summed E-state index contributed by atoms with van der Waals surface area (Å²) < 4.78 is 0. The molecule has 0 unspecified atom stereocenters. The van der Waals surface area contributed by atoms with Gasteiger partial charge in [0, 0.05) is 17.8 Å². The molecule has 0 aliphatic rings. The van der Waals surface area contributed by atoms with Gasteiger partial charge in [0.05, 0.1) is 0 Å². The lowest BCUT2D eigenvalue weighted by Crippen LogP contribution is -2.24. The van der Waals surface area contributed by atoms with Crippen LogP contribution in [-0.4, -0.2) is 41.0 Å². The van der Waals surface area contributed by atoms with Crippen molar-refractivity contribution < 1.29 is 0 Å². The van der Waals surface area contributed by atoms with Gasteiger partial charge in [-0.25, -0.2) is 9.97 Å². The number of nitrogens with zero attached hydrogens (tertiary/aromatic N) is 3. The molecule has 0 amide bonds. The van der Waals surface area contributed by atoms with Crippen LogP contribution in [0.25, 0.3) is 0 Å². The van der Waals surface area contributed by atoms with E-state index in [-0.39, 0.29) is 0 Å². The Hall–Kier alpha value is -0.870. The first-order chi connectivity index (χ1) is 9.08. The number of anilines is 1. The van der Waals surface area contributed by atoms with Gasteiger partial charge < -0.3 is 10.2 Å². The number of nitrogens with one attached hydrogen (secondary N) is 1. The normalized spacial score (nSPS) is 11.1. The molecule has 0 aromatic carbocycles. The lowest BCUT2D eigenvalue weighted by atomic mass is 10.2. The smallest absolute Gasteiger partial charge is 0.224 e. The van der Waals surface area contributed by atoms with E-state index >= 15 is 0 Å². The molecule has 0 radical (unpaired) electrons. The Bertz CT molecular complexity index is 391. The SMILES string of the molecule is CCN(CC)CCCCNc1nc(Cl)nc(C)c1C. The van der Waals surface area contributed by atoms with E-state index in [1.165, 1.54) is 6.42 Å². The predicted molar refractivity (Wildman–Crippen MR) is 82.0 cm³/mol. The highest BCUT2D eigenvalue weighted by atomic mass is 35.5. The Morgan fingerprint density at radius 2 is 1.79 bits per heavy atom. The fourth-order valence-corrected chi connectivity index (χ4v) is 2.19. The van der Waals surface area contributed by atoms with Gasteiger partial charge >= 0.3 is 0 Å². The monoisotopic (exact) mass is 284 g/mol. The summed E-state index contributed by atoms with van der Waals surface area (Å²) in [5.41, 5.74) is 2.01. The number of rotatable bonds is 8. The largest absolute Gasteiger partial charge is 0.370 e. The summed E-state index contributed by atoms with van der Waals surface area (Å²) in [4.78, 5) is 10.8. The zero-order valence-corrected chi connectivity index (χ0v) is 13.2. The highest BCUT2D eigenvalue weighted by Crippen LogP contribution is 2.16. The summed E-state index contributed by atoms with van der Waals surface area (Å²) in [7, 11) is 0. The van der Waals surface area contributed by atoms with Gasteiger partial charge in [-0.1, -0.05) is 13.8 Å². The lowest BCUT2D eigenvalue weighted by Gasteiger charge is -2.17. The van der Waals surface area contributed by atoms with Crippen molar-refractivity contribution >= 4 is 17.4 Å². The van der Waals surface area contributed by atoms with Gasteiger partial charge in [-0.2, -0.15) is 0 Å². The average Bonchev–Trinajstić information content (AvgIpc) is 2.39. The third-order valence-corrected chi connectivity index (χ3v) is 3.62. The maximum Gasteiger partial charge on any atom is 0.224 e. The summed E-state index contributed by atoms with van der Waals surface area (Å²) in [6.45, 7) is 12.7. The van der Waals surface area contributed by atoms with E-state index in [4.69, 9.17) is 11.6 Å². The molecule has 0 aliphatic heterocycles. The first-order valence-electron chi connectivity index (χ1n) is 7.05. The van der Waals surface area contributed by atoms with E-state index in [1.807, 2.05) is 13.8 Å². The molecule has 108 valence electrons. The fraction of sp³-hybridized carbons (Fsp3) is 0.714. The van der Waals surface area contributed by atoms with E-state index < -0.39 is 0 Å². The van der Waals surface area contributed by atoms with Crippen molar-refractivity contribution in [3.63, 3.8) is 0 Å². The minimum atomic E-state index is 0.314. The van der Waals surface area contributed by atoms with Gasteiger partial charge in [-0.05, 0) is 57.9 Å². The number of hydrogen-bond acceptors (Lipinski definition) is 4. The third-order valence-electron chi connectivity index (χ3n) is 3.45. The summed E-state index contributed by atoms with van der Waals surface area (Å²) >= 11 is 5.87. The molecule has 1 heterocycles. The first kappa shape index (κ1) is 16.2. The molecule has 1 rings (SSSR count). The van der Waals surface area contributed by atoms with Crippen LogP contribution in [0.1, 0.15) is 37.9 Å². The topological polar surface area (TPSA) is 41.0 Å². The highest BCUT2D eigenvalue weighted by Gasteiger charge is 2.06.